The lowest BCUT2D eigenvalue weighted by atomic mass is 10.00. The van der Waals surface area contributed by atoms with Crippen LogP contribution in [-0.2, 0) is 11.3 Å². The fraction of sp³-hybridized carbons (Fsp3) is 0.517. The molecule has 0 saturated heterocycles. The average Bonchev–Trinajstić information content (AvgIpc) is 2.85. The van der Waals surface area contributed by atoms with E-state index in [2.05, 4.69) is 11.8 Å². The van der Waals surface area contributed by atoms with E-state index in [-0.39, 0.29) is 11.5 Å². The molecule has 0 aromatic heterocycles. The highest BCUT2D eigenvalue weighted by atomic mass is 16.5. The number of hydrogen-bond donors (Lipinski definition) is 1. The fourth-order valence-electron chi connectivity index (χ4n) is 4.10. The first-order valence-corrected chi connectivity index (χ1v) is 12.8. The van der Waals surface area contributed by atoms with Crippen LogP contribution in [0.25, 0.3) is 11.1 Å². The third kappa shape index (κ3) is 9.73. The number of ether oxygens (including phenoxy) is 1. The van der Waals surface area contributed by atoms with Crippen molar-refractivity contribution < 1.29 is 19.4 Å². The highest BCUT2D eigenvalue weighted by Crippen LogP contribution is 2.31. The second-order valence-corrected chi connectivity index (χ2v) is 9.41. The van der Waals surface area contributed by atoms with Gasteiger partial charge in [-0.2, -0.15) is 0 Å². The van der Waals surface area contributed by atoms with E-state index >= 15 is 0 Å². The van der Waals surface area contributed by atoms with Gasteiger partial charge in [-0.3, -0.25) is 4.79 Å². The number of amides is 1. The van der Waals surface area contributed by atoms with Crippen molar-refractivity contribution in [1.29, 1.82) is 0 Å². The summed E-state index contributed by atoms with van der Waals surface area (Å²) in [6.45, 7) is 4.24. The van der Waals surface area contributed by atoms with Crippen LogP contribution in [0.1, 0.15) is 74.2 Å². The Balaban J connectivity index is 2.11. The van der Waals surface area contributed by atoms with E-state index < -0.39 is 5.97 Å². The minimum absolute atomic E-state index is 0.198. The van der Waals surface area contributed by atoms with E-state index in [1.807, 2.05) is 37.2 Å². The first kappa shape index (κ1) is 28.4. The molecule has 6 heteroatoms. The summed E-state index contributed by atoms with van der Waals surface area (Å²) in [4.78, 5) is 28.4. The number of benzene rings is 2. The largest absolute Gasteiger partial charge is 0.496 e. The summed E-state index contributed by atoms with van der Waals surface area (Å²) in [5.41, 5.74) is 3.03. The summed E-state index contributed by atoms with van der Waals surface area (Å²) < 4.78 is 5.56. The molecule has 1 N–H and O–H groups in total. The molecular formula is C29H42N2O4. The molecule has 0 aliphatic carbocycles. The van der Waals surface area contributed by atoms with Crippen LogP contribution in [0.3, 0.4) is 0 Å². The molecule has 0 aliphatic heterocycles. The van der Waals surface area contributed by atoms with Crippen LogP contribution in [0.4, 0.5) is 0 Å². The van der Waals surface area contributed by atoms with E-state index in [0.717, 1.165) is 36.1 Å². The summed E-state index contributed by atoms with van der Waals surface area (Å²) in [5, 5.41) is 9.19. The molecule has 192 valence electrons. The summed E-state index contributed by atoms with van der Waals surface area (Å²) in [5.74, 6) is -0.0390. The number of carboxylic acid groups (broad SMARTS) is 1. The number of hydrogen-bond acceptors (Lipinski definition) is 4. The Morgan fingerprint density at radius 2 is 1.54 bits per heavy atom. The van der Waals surface area contributed by atoms with Crippen molar-refractivity contribution in [2.75, 3.05) is 34.3 Å². The van der Waals surface area contributed by atoms with Gasteiger partial charge in [0.05, 0.1) is 12.7 Å². The molecule has 0 spiro atoms. The maximum atomic E-state index is 13.1. The molecule has 6 nitrogen and oxygen atoms in total. The predicted molar refractivity (Wildman–Crippen MR) is 142 cm³/mol. The smallest absolute Gasteiger partial charge is 0.335 e. The molecule has 0 bridgehead atoms. The molecule has 2 rings (SSSR count). The maximum absolute atomic E-state index is 13.1. The number of unbranched alkanes of at least 4 members (excludes halogenated alkanes) is 6. The monoisotopic (exact) mass is 482 g/mol. The van der Waals surface area contributed by atoms with Crippen molar-refractivity contribution in [3.63, 3.8) is 0 Å². The Labute approximate surface area is 210 Å². The summed E-state index contributed by atoms with van der Waals surface area (Å²) >= 11 is 0. The van der Waals surface area contributed by atoms with Crippen molar-refractivity contribution in [2.24, 2.45) is 0 Å². The quantitative estimate of drug-likeness (QED) is 0.293. The van der Waals surface area contributed by atoms with Crippen molar-refractivity contribution in [1.82, 2.24) is 9.80 Å². The van der Waals surface area contributed by atoms with Crippen LogP contribution in [-0.4, -0.2) is 61.1 Å². The maximum Gasteiger partial charge on any atom is 0.335 e. The van der Waals surface area contributed by atoms with E-state index in [9.17, 15) is 14.7 Å². The second-order valence-electron chi connectivity index (χ2n) is 9.41. The number of carbonyl (C=O) groups is 2. The molecule has 2 aromatic carbocycles. The molecular weight excluding hydrogens is 440 g/mol. The minimum Gasteiger partial charge on any atom is -0.496 e. The molecule has 0 fully saturated rings. The third-order valence-corrected chi connectivity index (χ3v) is 6.24. The Kier molecular flexibility index (Phi) is 12.3. The summed E-state index contributed by atoms with van der Waals surface area (Å²) in [7, 11) is 5.66. The van der Waals surface area contributed by atoms with Crippen LogP contribution in [0.5, 0.6) is 5.75 Å². The standard InChI is InChI=1S/C29H42N2O4/c1-5-6-7-8-9-10-11-12-28(32)31(20-19-30(2)3)22-23-13-18-27(35-4)26(21-23)24-14-16-25(17-15-24)29(33)34/h13-18,21H,5-12,19-20,22H2,1-4H3,(H,33,34). The van der Waals surface area contributed by atoms with Gasteiger partial charge in [-0.05, 0) is 55.9 Å². The van der Waals surface area contributed by atoms with Crippen LogP contribution < -0.4 is 4.74 Å². The molecule has 2 aromatic rings. The number of methoxy groups -OCH3 is 1. The van der Waals surface area contributed by atoms with E-state index in [0.29, 0.717) is 25.3 Å². The number of nitrogens with zero attached hydrogens (tertiary/aromatic N) is 2. The van der Waals surface area contributed by atoms with Gasteiger partial charge in [0.25, 0.3) is 0 Å². The molecule has 1 amide bonds. The zero-order chi connectivity index (χ0) is 25.6. The number of likely N-dealkylation sites (N-methyl/N-ethyl adjacent to an activating group) is 1. The fourth-order valence-corrected chi connectivity index (χ4v) is 4.10. The predicted octanol–water partition coefficient (Wildman–Crippen LogP) is 6.09. The minimum atomic E-state index is -0.951. The zero-order valence-corrected chi connectivity index (χ0v) is 21.9. The van der Waals surface area contributed by atoms with E-state index in [4.69, 9.17) is 4.74 Å². The van der Waals surface area contributed by atoms with Crippen LogP contribution >= 0.6 is 0 Å². The molecule has 0 radical (unpaired) electrons. The SMILES string of the molecule is CCCCCCCCCC(=O)N(CCN(C)C)Cc1ccc(OC)c(-c2ccc(C(=O)O)cc2)c1. The van der Waals surface area contributed by atoms with Gasteiger partial charge in [-0.15, -0.1) is 0 Å². The lowest BCUT2D eigenvalue weighted by Crippen LogP contribution is -2.36. The average molecular weight is 483 g/mol. The number of carbonyl (C=O) groups excluding carboxylic acids is 1. The zero-order valence-electron chi connectivity index (χ0n) is 21.9. The van der Waals surface area contributed by atoms with Crippen molar-refractivity contribution in [3.05, 3.63) is 53.6 Å². The van der Waals surface area contributed by atoms with Crippen LogP contribution in [0, 0.1) is 0 Å². The molecule has 0 unspecified atom stereocenters. The lowest BCUT2D eigenvalue weighted by molar-refractivity contribution is -0.132. The Bertz CT molecular complexity index is 925. The van der Waals surface area contributed by atoms with Gasteiger partial charge >= 0.3 is 5.97 Å². The third-order valence-electron chi connectivity index (χ3n) is 6.24. The molecule has 0 aliphatic rings. The number of rotatable bonds is 16. The Morgan fingerprint density at radius 3 is 2.14 bits per heavy atom. The van der Waals surface area contributed by atoms with Crippen molar-refractivity contribution >= 4 is 11.9 Å². The Hall–Kier alpha value is -2.86. The molecule has 0 atom stereocenters. The molecule has 0 saturated carbocycles. The normalized spacial score (nSPS) is 11.0. The highest BCUT2D eigenvalue weighted by molar-refractivity contribution is 5.88. The number of carboxylic acids is 1. The first-order chi connectivity index (χ1) is 16.8. The highest BCUT2D eigenvalue weighted by Gasteiger charge is 2.16. The van der Waals surface area contributed by atoms with Gasteiger partial charge < -0.3 is 19.6 Å². The first-order valence-electron chi connectivity index (χ1n) is 12.8. The molecule has 35 heavy (non-hydrogen) atoms. The molecule has 0 heterocycles. The van der Waals surface area contributed by atoms with Crippen molar-refractivity contribution in [2.45, 2.75) is 64.8 Å². The Morgan fingerprint density at radius 1 is 0.886 bits per heavy atom. The van der Waals surface area contributed by atoms with Gasteiger partial charge in [0, 0.05) is 31.6 Å². The summed E-state index contributed by atoms with van der Waals surface area (Å²) in [6.07, 6.45) is 8.93. The topological polar surface area (TPSA) is 70.1 Å². The lowest BCUT2D eigenvalue weighted by Gasteiger charge is -2.25. The van der Waals surface area contributed by atoms with Gasteiger partial charge in [0.1, 0.15) is 5.75 Å². The van der Waals surface area contributed by atoms with E-state index in [1.54, 1.807) is 31.4 Å². The van der Waals surface area contributed by atoms with Gasteiger partial charge in [-0.1, -0.05) is 63.6 Å². The van der Waals surface area contributed by atoms with E-state index in [1.165, 1.54) is 32.1 Å². The van der Waals surface area contributed by atoms with Gasteiger partial charge in [0.15, 0.2) is 0 Å². The van der Waals surface area contributed by atoms with Crippen LogP contribution in [0.2, 0.25) is 0 Å². The van der Waals surface area contributed by atoms with Gasteiger partial charge in [-0.25, -0.2) is 4.79 Å². The van der Waals surface area contributed by atoms with Gasteiger partial charge in [0.2, 0.25) is 5.91 Å². The second kappa shape index (κ2) is 15.2. The van der Waals surface area contributed by atoms with Crippen LogP contribution in [0.15, 0.2) is 42.5 Å². The van der Waals surface area contributed by atoms with Crippen molar-refractivity contribution in [3.8, 4) is 16.9 Å². The summed E-state index contributed by atoms with van der Waals surface area (Å²) in [6, 6.07) is 12.7. The number of aromatic carboxylic acids is 1.